The third-order valence-electron chi connectivity index (χ3n) is 3.02. The number of nitrogens with zero attached hydrogens (tertiary/aromatic N) is 1. The van der Waals surface area contributed by atoms with E-state index in [1.165, 1.54) is 16.8 Å². The lowest BCUT2D eigenvalue weighted by Gasteiger charge is -2.22. The Morgan fingerprint density at radius 1 is 1.00 bits per heavy atom. The van der Waals surface area contributed by atoms with Crippen LogP contribution >= 0.6 is 0 Å². The lowest BCUT2D eigenvalue weighted by molar-refractivity contribution is 0.728. The molecular weight excluding hydrogens is 196 g/mol. The molecule has 0 amide bonds. The van der Waals surface area contributed by atoms with Gasteiger partial charge in [0.15, 0.2) is 0 Å². The highest BCUT2D eigenvalue weighted by atomic mass is 15.3. The van der Waals surface area contributed by atoms with E-state index in [1.54, 1.807) is 0 Å². The number of nitrogens with one attached hydrogen (secondary N) is 1. The van der Waals surface area contributed by atoms with E-state index < -0.39 is 0 Å². The molecule has 2 rings (SSSR count). The topological polar surface area (TPSA) is 20.7 Å². The van der Waals surface area contributed by atoms with Crippen LogP contribution in [-0.4, -0.2) is 9.78 Å². The second kappa shape index (κ2) is 4.20. The molecule has 0 spiro atoms. The number of aromatic nitrogens is 2. The number of para-hydroxylation sites is 1. The number of aromatic amines is 1. The molecule has 0 fully saturated rings. The van der Waals surface area contributed by atoms with Crippen LogP contribution in [0.1, 0.15) is 50.7 Å². The summed E-state index contributed by atoms with van der Waals surface area (Å²) in [5.74, 6) is 1.09. The Labute approximate surface area is 97.3 Å². The average molecular weight is 216 g/mol. The molecule has 0 aliphatic carbocycles. The molecule has 86 valence electrons. The Bertz CT molecular complexity index is 425. The van der Waals surface area contributed by atoms with Gasteiger partial charge in [0.05, 0.1) is 5.69 Å². The van der Waals surface area contributed by atoms with Crippen LogP contribution in [0, 0.1) is 0 Å². The molecule has 0 unspecified atom stereocenters. The van der Waals surface area contributed by atoms with E-state index in [0.29, 0.717) is 11.8 Å². The molecule has 2 nitrogen and oxygen atoms in total. The second-order valence-electron chi connectivity index (χ2n) is 4.91. The normalized spacial score (nSPS) is 11.6. The van der Waals surface area contributed by atoms with Crippen molar-refractivity contribution in [3.63, 3.8) is 0 Å². The summed E-state index contributed by atoms with van der Waals surface area (Å²) >= 11 is 0. The first-order chi connectivity index (χ1) is 7.61. The Kier molecular flexibility index (Phi) is 2.90. The van der Waals surface area contributed by atoms with Gasteiger partial charge in [-0.05, 0) is 23.0 Å². The molecule has 0 radical (unpaired) electrons. The number of H-pyrrole nitrogens is 1. The van der Waals surface area contributed by atoms with Gasteiger partial charge < -0.3 is 5.10 Å². The summed E-state index contributed by atoms with van der Waals surface area (Å²) in [5, 5.41) is 3.21. The van der Waals surface area contributed by atoms with Gasteiger partial charge in [0.2, 0.25) is 0 Å². The molecule has 0 bridgehead atoms. The minimum atomic E-state index is 0.546. The van der Waals surface area contributed by atoms with Crippen LogP contribution in [-0.2, 0) is 0 Å². The molecule has 0 saturated carbocycles. The molecule has 0 aliphatic heterocycles. The molecular formula is C14H20N2. The Morgan fingerprint density at radius 2 is 1.50 bits per heavy atom. The first kappa shape index (κ1) is 11.1. The highest BCUT2D eigenvalue weighted by molar-refractivity contribution is 5.50. The molecule has 0 saturated heterocycles. The van der Waals surface area contributed by atoms with E-state index in [2.05, 4.69) is 61.9 Å². The van der Waals surface area contributed by atoms with Crippen molar-refractivity contribution < 1.29 is 0 Å². The second-order valence-corrected chi connectivity index (χ2v) is 4.91. The van der Waals surface area contributed by atoms with Crippen LogP contribution < -0.4 is 0 Å². The van der Waals surface area contributed by atoms with Crippen LogP contribution in [0.25, 0.3) is 5.69 Å². The molecule has 16 heavy (non-hydrogen) atoms. The maximum absolute atomic E-state index is 3.21. The number of rotatable bonds is 3. The van der Waals surface area contributed by atoms with E-state index in [-0.39, 0.29) is 0 Å². The standard InChI is InChI=1S/C14H20N2/c1-10(2)12-6-5-7-13(11(3)4)14(12)16-9-8-15-16/h5-11,15H,1-4H3. The van der Waals surface area contributed by atoms with Crippen LogP contribution in [0.3, 0.4) is 0 Å². The first-order valence-electron chi connectivity index (χ1n) is 5.96. The molecule has 1 heterocycles. The monoisotopic (exact) mass is 216 g/mol. The minimum absolute atomic E-state index is 0.546. The van der Waals surface area contributed by atoms with Gasteiger partial charge in [0.25, 0.3) is 0 Å². The first-order valence-corrected chi connectivity index (χ1v) is 5.96. The van der Waals surface area contributed by atoms with Crippen molar-refractivity contribution in [2.45, 2.75) is 39.5 Å². The van der Waals surface area contributed by atoms with E-state index in [1.807, 2.05) is 6.20 Å². The van der Waals surface area contributed by atoms with Crippen molar-refractivity contribution in [2.24, 2.45) is 0 Å². The predicted molar refractivity (Wildman–Crippen MR) is 68.3 cm³/mol. The minimum Gasteiger partial charge on any atom is -0.300 e. The summed E-state index contributed by atoms with van der Waals surface area (Å²) in [4.78, 5) is 0. The van der Waals surface area contributed by atoms with Crippen LogP contribution in [0.2, 0.25) is 0 Å². The zero-order chi connectivity index (χ0) is 11.7. The molecule has 2 heteroatoms. The van der Waals surface area contributed by atoms with Crippen LogP contribution in [0.5, 0.6) is 0 Å². The van der Waals surface area contributed by atoms with E-state index >= 15 is 0 Å². The number of benzene rings is 1. The zero-order valence-corrected chi connectivity index (χ0v) is 10.5. The molecule has 1 aromatic carbocycles. The van der Waals surface area contributed by atoms with Gasteiger partial charge in [0.1, 0.15) is 0 Å². The van der Waals surface area contributed by atoms with E-state index in [4.69, 9.17) is 0 Å². The lowest BCUT2D eigenvalue weighted by atomic mass is 9.92. The van der Waals surface area contributed by atoms with Gasteiger partial charge in [-0.2, -0.15) is 0 Å². The van der Waals surface area contributed by atoms with E-state index in [0.717, 1.165) is 0 Å². The smallest absolute Gasteiger partial charge is 0.0693 e. The third-order valence-corrected chi connectivity index (χ3v) is 3.02. The number of hydrogen-bond acceptors (Lipinski definition) is 0. The number of hydrogen-bond donors (Lipinski definition) is 1. The van der Waals surface area contributed by atoms with Crippen molar-refractivity contribution in [2.75, 3.05) is 0 Å². The maximum atomic E-state index is 3.21. The van der Waals surface area contributed by atoms with Crippen molar-refractivity contribution in [1.82, 2.24) is 9.78 Å². The molecule has 2 aromatic rings. The maximum Gasteiger partial charge on any atom is 0.0693 e. The van der Waals surface area contributed by atoms with Crippen LogP contribution in [0.4, 0.5) is 0 Å². The zero-order valence-electron chi connectivity index (χ0n) is 10.5. The summed E-state index contributed by atoms with van der Waals surface area (Å²) in [7, 11) is 0. The quantitative estimate of drug-likeness (QED) is 0.799. The Hall–Kier alpha value is -1.44. The summed E-state index contributed by atoms with van der Waals surface area (Å²) < 4.78 is 2.12. The average Bonchev–Trinajstić information content (AvgIpc) is 2.14. The van der Waals surface area contributed by atoms with Crippen LogP contribution in [0.15, 0.2) is 30.6 Å². The summed E-state index contributed by atoms with van der Waals surface area (Å²) in [6.07, 6.45) is 4.04. The highest BCUT2D eigenvalue weighted by Gasteiger charge is 2.15. The predicted octanol–water partition coefficient (Wildman–Crippen LogP) is 4.05. The summed E-state index contributed by atoms with van der Waals surface area (Å²) in [6.45, 7) is 8.97. The van der Waals surface area contributed by atoms with Gasteiger partial charge >= 0.3 is 0 Å². The van der Waals surface area contributed by atoms with Crippen molar-refractivity contribution >= 4 is 0 Å². The van der Waals surface area contributed by atoms with Gasteiger partial charge in [-0.25, -0.2) is 0 Å². The molecule has 1 N–H and O–H groups in total. The van der Waals surface area contributed by atoms with Crippen molar-refractivity contribution in [1.29, 1.82) is 0 Å². The summed E-state index contributed by atoms with van der Waals surface area (Å²) in [6, 6.07) is 6.61. The summed E-state index contributed by atoms with van der Waals surface area (Å²) in [5.41, 5.74) is 4.14. The van der Waals surface area contributed by atoms with Gasteiger partial charge in [-0.3, -0.25) is 4.68 Å². The Balaban J connectivity index is 2.61. The lowest BCUT2D eigenvalue weighted by Crippen LogP contribution is -2.11. The fraction of sp³-hybridized carbons (Fsp3) is 0.429. The Morgan fingerprint density at radius 3 is 1.81 bits per heavy atom. The van der Waals surface area contributed by atoms with Gasteiger partial charge in [-0.15, -0.1) is 0 Å². The highest BCUT2D eigenvalue weighted by Crippen LogP contribution is 2.30. The van der Waals surface area contributed by atoms with Gasteiger partial charge in [-0.1, -0.05) is 45.9 Å². The van der Waals surface area contributed by atoms with Crippen molar-refractivity contribution in [3.8, 4) is 5.69 Å². The molecule has 1 aromatic heterocycles. The molecule has 0 aliphatic rings. The SMILES string of the molecule is CC(C)c1cccc(C(C)C)c1-n1cc[nH]1. The van der Waals surface area contributed by atoms with E-state index in [9.17, 15) is 0 Å². The largest absolute Gasteiger partial charge is 0.300 e. The fourth-order valence-electron chi connectivity index (χ4n) is 2.08. The third kappa shape index (κ3) is 1.80. The fourth-order valence-corrected chi connectivity index (χ4v) is 2.08. The van der Waals surface area contributed by atoms with Crippen molar-refractivity contribution in [3.05, 3.63) is 41.7 Å². The van der Waals surface area contributed by atoms with Gasteiger partial charge in [0, 0.05) is 12.4 Å². The molecule has 0 atom stereocenters.